The SMILES string of the molecule is CC(C)(C)C(O)Nc1ccccc1. The standard InChI is InChI=1S/C11H17NO/c1-11(2,3)10(13)12-9-7-5-4-6-8-9/h4-8,10,12-13H,1-3H3. The van der Waals surface area contributed by atoms with Gasteiger partial charge < -0.3 is 10.4 Å². The Kier molecular flexibility index (Phi) is 2.94. The lowest BCUT2D eigenvalue weighted by atomic mass is 9.94. The molecule has 0 saturated heterocycles. The van der Waals surface area contributed by atoms with Crippen LogP contribution >= 0.6 is 0 Å². The van der Waals surface area contributed by atoms with E-state index in [1.165, 1.54) is 0 Å². The van der Waals surface area contributed by atoms with Crippen LogP contribution in [0.15, 0.2) is 30.3 Å². The monoisotopic (exact) mass is 179 g/mol. The highest BCUT2D eigenvalue weighted by atomic mass is 16.3. The molecule has 0 saturated carbocycles. The van der Waals surface area contributed by atoms with Gasteiger partial charge in [0.1, 0.15) is 6.23 Å². The predicted octanol–water partition coefficient (Wildman–Crippen LogP) is 2.46. The van der Waals surface area contributed by atoms with Crippen molar-refractivity contribution >= 4 is 5.69 Å². The minimum atomic E-state index is -0.519. The lowest BCUT2D eigenvalue weighted by Gasteiger charge is -2.27. The summed E-state index contributed by atoms with van der Waals surface area (Å²) in [6, 6.07) is 9.72. The Hall–Kier alpha value is -1.02. The molecule has 0 heterocycles. The number of rotatable bonds is 2. The van der Waals surface area contributed by atoms with Crippen molar-refractivity contribution < 1.29 is 5.11 Å². The van der Waals surface area contributed by atoms with Crippen LogP contribution in [0, 0.1) is 5.41 Å². The summed E-state index contributed by atoms with van der Waals surface area (Å²) < 4.78 is 0. The molecular weight excluding hydrogens is 162 g/mol. The Labute approximate surface area is 79.6 Å². The van der Waals surface area contributed by atoms with Crippen molar-refractivity contribution in [2.24, 2.45) is 5.41 Å². The van der Waals surface area contributed by atoms with E-state index in [0.717, 1.165) is 5.69 Å². The lowest BCUT2D eigenvalue weighted by Crippen LogP contribution is -2.33. The van der Waals surface area contributed by atoms with Gasteiger partial charge in [0.05, 0.1) is 0 Å². The Morgan fingerprint density at radius 3 is 2.15 bits per heavy atom. The number of hydrogen-bond acceptors (Lipinski definition) is 2. The Morgan fingerprint density at radius 1 is 1.15 bits per heavy atom. The molecule has 0 amide bonds. The van der Waals surface area contributed by atoms with Gasteiger partial charge in [0.15, 0.2) is 0 Å². The molecule has 1 atom stereocenters. The van der Waals surface area contributed by atoms with Crippen molar-refractivity contribution in [1.29, 1.82) is 0 Å². The molecule has 13 heavy (non-hydrogen) atoms. The topological polar surface area (TPSA) is 32.3 Å². The number of benzene rings is 1. The fourth-order valence-electron chi connectivity index (χ4n) is 0.909. The fourth-order valence-corrected chi connectivity index (χ4v) is 0.909. The van der Waals surface area contributed by atoms with Gasteiger partial charge >= 0.3 is 0 Å². The highest BCUT2D eigenvalue weighted by Gasteiger charge is 2.21. The van der Waals surface area contributed by atoms with Gasteiger partial charge in [-0.1, -0.05) is 39.0 Å². The van der Waals surface area contributed by atoms with Gasteiger partial charge in [0.25, 0.3) is 0 Å². The first kappa shape index (κ1) is 10.1. The van der Waals surface area contributed by atoms with Crippen LogP contribution in [0.4, 0.5) is 5.69 Å². The van der Waals surface area contributed by atoms with Crippen LogP contribution in [-0.4, -0.2) is 11.3 Å². The van der Waals surface area contributed by atoms with Gasteiger partial charge in [-0.05, 0) is 12.1 Å². The molecule has 0 aromatic heterocycles. The van der Waals surface area contributed by atoms with Gasteiger partial charge in [-0.3, -0.25) is 0 Å². The van der Waals surface area contributed by atoms with Crippen LogP contribution in [0.2, 0.25) is 0 Å². The van der Waals surface area contributed by atoms with E-state index in [0.29, 0.717) is 0 Å². The second-order valence-corrected chi connectivity index (χ2v) is 4.28. The maximum absolute atomic E-state index is 9.73. The van der Waals surface area contributed by atoms with Crippen LogP contribution in [0.3, 0.4) is 0 Å². The van der Waals surface area contributed by atoms with Crippen LogP contribution in [-0.2, 0) is 0 Å². The summed E-state index contributed by atoms with van der Waals surface area (Å²) in [5, 5.41) is 12.8. The van der Waals surface area contributed by atoms with Crippen LogP contribution in [0.5, 0.6) is 0 Å². The number of anilines is 1. The summed E-state index contributed by atoms with van der Waals surface area (Å²) in [5.74, 6) is 0. The Morgan fingerprint density at radius 2 is 1.69 bits per heavy atom. The molecule has 1 aromatic carbocycles. The van der Waals surface area contributed by atoms with E-state index in [1.54, 1.807) is 0 Å². The van der Waals surface area contributed by atoms with Crippen molar-refractivity contribution in [1.82, 2.24) is 0 Å². The molecule has 0 aliphatic heterocycles. The van der Waals surface area contributed by atoms with Crippen LogP contribution < -0.4 is 5.32 Å². The highest BCUT2D eigenvalue weighted by Crippen LogP contribution is 2.20. The fraction of sp³-hybridized carbons (Fsp3) is 0.455. The summed E-state index contributed by atoms with van der Waals surface area (Å²) >= 11 is 0. The van der Waals surface area contributed by atoms with E-state index >= 15 is 0 Å². The predicted molar refractivity (Wildman–Crippen MR) is 55.5 cm³/mol. The minimum absolute atomic E-state index is 0.143. The maximum Gasteiger partial charge on any atom is 0.129 e. The van der Waals surface area contributed by atoms with Crippen molar-refractivity contribution in [2.45, 2.75) is 27.0 Å². The van der Waals surface area contributed by atoms with E-state index in [4.69, 9.17) is 0 Å². The zero-order valence-electron chi connectivity index (χ0n) is 8.41. The number of aliphatic hydroxyl groups excluding tert-OH is 1. The first-order chi connectivity index (χ1) is 6.00. The van der Waals surface area contributed by atoms with E-state index in [9.17, 15) is 5.11 Å². The molecule has 0 aliphatic rings. The minimum Gasteiger partial charge on any atom is -0.373 e. The molecule has 2 heteroatoms. The second-order valence-electron chi connectivity index (χ2n) is 4.28. The van der Waals surface area contributed by atoms with Crippen molar-refractivity contribution in [3.63, 3.8) is 0 Å². The van der Waals surface area contributed by atoms with Crippen molar-refractivity contribution in [2.75, 3.05) is 5.32 Å². The average molecular weight is 179 g/mol. The third-order valence-electron chi connectivity index (χ3n) is 1.90. The summed E-state index contributed by atoms with van der Waals surface area (Å²) in [7, 11) is 0. The molecule has 0 spiro atoms. The van der Waals surface area contributed by atoms with Crippen molar-refractivity contribution in [3.05, 3.63) is 30.3 Å². The van der Waals surface area contributed by atoms with Gasteiger partial charge in [-0.2, -0.15) is 0 Å². The summed E-state index contributed by atoms with van der Waals surface area (Å²) in [6.45, 7) is 5.98. The summed E-state index contributed by atoms with van der Waals surface area (Å²) in [6.07, 6.45) is -0.519. The van der Waals surface area contributed by atoms with E-state index in [-0.39, 0.29) is 5.41 Å². The quantitative estimate of drug-likeness (QED) is 0.683. The molecule has 0 bridgehead atoms. The molecule has 0 aliphatic carbocycles. The van der Waals surface area contributed by atoms with Gasteiger partial charge in [-0.25, -0.2) is 0 Å². The zero-order chi connectivity index (χ0) is 9.90. The lowest BCUT2D eigenvalue weighted by molar-refractivity contribution is 0.0880. The largest absolute Gasteiger partial charge is 0.373 e. The first-order valence-corrected chi connectivity index (χ1v) is 4.50. The van der Waals surface area contributed by atoms with Crippen LogP contribution in [0.1, 0.15) is 20.8 Å². The molecule has 1 unspecified atom stereocenters. The van der Waals surface area contributed by atoms with Crippen molar-refractivity contribution in [3.8, 4) is 0 Å². The maximum atomic E-state index is 9.73. The zero-order valence-corrected chi connectivity index (χ0v) is 8.41. The smallest absolute Gasteiger partial charge is 0.129 e. The molecular formula is C11H17NO. The van der Waals surface area contributed by atoms with Gasteiger partial charge in [0.2, 0.25) is 0 Å². The summed E-state index contributed by atoms with van der Waals surface area (Å²) in [4.78, 5) is 0. The third-order valence-corrected chi connectivity index (χ3v) is 1.90. The Bertz CT molecular complexity index is 251. The van der Waals surface area contributed by atoms with Crippen LogP contribution in [0.25, 0.3) is 0 Å². The Balaban J connectivity index is 2.61. The first-order valence-electron chi connectivity index (χ1n) is 4.50. The molecule has 1 rings (SSSR count). The van der Waals surface area contributed by atoms with E-state index in [2.05, 4.69) is 5.32 Å². The molecule has 1 aromatic rings. The molecule has 0 radical (unpaired) electrons. The number of aliphatic hydroxyl groups is 1. The highest BCUT2D eigenvalue weighted by molar-refractivity contribution is 5.43. The molecule has 2 nitrogen and oxygen atoms in total. The number of nitrogens with one attached hydrogen (secondary N) is 1. The van der Waals surface area contributed by atoms with Gasteiger partial charge in [-0.15, -0.1) is 0 Å². The normalized spacial score (nSPS) is 13.8. The number of para-hydroxylation sites is 1. The number of hydrogen-bond donors (Lipinski definition) is 2. The summed E-state index contributed by atoms with van der Waals surface area (Å²) in [5.41, 5.74) is 0.806. The van der Waals surface area contributed by atoms with Gasteiger partial charge in [0, 0.05) is 11.1 Å². The van der Waals surface area contributed by atoms with E-state index < -0.39 is 6.23 Å². The van der Waals surface area contributed by atoms with E-state index in [1.807, 2.05) is 51.1 Å². The third kappa shape index (κ3) is 3.07. The average Bonchev–Trinajstić information content (AvgIpc) is 2.04. The second kappa shape index (κ2) is 3.79. The molecule has 0 fully saturated rings. The molecule has 72 valence electrons. The molecule has 2 N–H and O–H groups in total.